The molecule has 0 bridgehead atoms. The fourth-order valence-corrected chi connectivity index (χ4v) is 2.63. The van der Waals surface area contributed by atoms with Crippen LogP contribution in [0.5, 0.6) is 0 Å². The van der Waals surface area contributed by atoms with E-state index in [0.29, 0.717) is 29.7 Å². The van der Waals surface area contributed by atoms with Crippen molar-refractivity contribution in [3.8, 4) is 22.3 Å². The van der Waals surface area contributed by atoms with E-state index in [1.807, 2.05) is 17.5 Å². The van der Waals surface area contributed by atoms with Gasteiger partial charge in [0.15, 0.2) is 0 Å². The Bertz CT molecular complexity index is 868. The Labute approximate surface area is 129 Å². The molecule has 4 heterocycles. The molecule has 7 nitrogen and oxygen atoms in total. The first-order chi connectivity index (χ1) is 10.9. The van der Waals surface area contributed by atoms with Crippen LogP contribution in [0.15, 0.2) is 46.8 Å². The minimum absolute atomic E-state index is 0.516. The number of thiophene rings is 1. The molecule has 8 heteroatoms. The molecule has 0 unspecified atom stereocenters. The van der Waals surface area contributed by atoms with Crippen molar-refractivity contribution < 1.29 is 4.42 Å². The molecule has 0 radical (unpaired) electrons. The highest BCUT2D eigenvalue weighted by Crippen LogP contribution is 2.24. The number of nitrogens with one attached hydrogen (secondary N) is 1. The molecule has 0 atom stereocenters. The molecule has 0 aliphatic carbocycles. The van der Waals surface area contributed by atoms with Crippen molar-refractivity contribution in [1.82, 2.24) is 30.1 Å². The van der Waals surface area contributed by atoms with E-state index in [4.69, 9.17) is 4.42 Å². The molecule has 108 valence electrons. The summed E-state index contributed by atoms with van der Waals surface area (Å²) in [4.78, 5) is 18.0. The quantitative estimate of drug-likeness (QED) is 0.622. The van der Waals surface area contributed by atoms with Gasteiger partial charge in [0, 0.05) is 12.4 Å². The first-order valence-electron chi connectivity index (χ1n) is 6.54. The Hall–Kier alpha value is -2.87. The lowest BCUT2D eigenvalue weighted by Gasteiger charge is -1.91. The molecule has 0 aliphatic heterocycles. The zero-order valence-corrected chi connectivity index (χ0v) is 12.1. The molecular weight excluding hydrogens is 300 g/mol. The van der Waals surface area contributed by atoms with Gasteiger partial charge >= 0.3 is 0 Å². The molecule has 4 aromatic rings. The van der Waals surface area contributed by atoms with Crippen LogP contribution < -0.4 is 0 Å². The van der Waals surface area contributed by atoms with Crippen molar-refractivity contribution in [2.24, 2.45) is 0 Å². The van der Waals surface area contributed by atoms with E-state index in [1.54, 1.807) is 36.2 Å². The maximum atomic E-state index is 5.49. The van der Waals surface area contributed by atoms with Crippen LogP contribution in [-0.2, 0) is 6.42 Å². The van der Waals surface area contributed by atoms with Gasteiger partial charge in [0.05, 0.1) is 23.2 Å². The molecule has 1 N–H and O–H groups in total. The van der Waals surface area contributed by atoms with Gasteiger partial charge in [0.1, 0.15) is 17.8 Å². The number of oxazole rings is 1. The molecule has 4 aromatic heterocycles. The number of hydrogen-bond donors (Lipinski definition) is 1. The summed E-state index contributed by atoms with van der Waals surface area (Å²) in [6, 6.07) is 3.94. The minimum atomic E-state index is 0.516. The maximum Gasteiger partial charge on any atom is 0.236 e. The number of rotatable bonds is 4. The maximum absolute atomic E-state index is 5.49. The lowest BCUT2D eigenvalue weighted by molar-refractivity contribution is 0.574. The summed E-state index contributed by atoms with van der Waals surface area (Å²) < 4.78 is 5.49. The van der Waals surface area contributed by atoms with Crippen molar-refractivity contribution >= 4 is 11.3 Å². The van der Waals surface area contributed by atoms with Crippen molar-refractivity contribution in [1.29, 1.82) is 0 Å². The highest BCUT2D eigenvalue weighted by Gasteiger charge is 2.11. The Morgan fingerprint density at radius 1 is 1.23 bits per heavy atom. The number of hydrogen-bond acceptors (Lipinski definition) is 7. The second-order valence-corrected chi connectivity index (χ2v) is 5.44. The summed E-state index contributed by atoms with van der Waals surface area (Å²) in [6.07, 6.45) is 6.99. The van der Waals surface area contributed by atoms with E-state index < -0.39 is 0 Å². The molecule has 0 saturated carbocycles. The smallest absolute Gasteiger partial charge is 0.236 e. The first kappa shape index (κ1) is 12.8. The van der Waals surface area contributed by atoms with E-state index in [2.05, 4.69) is 30.1 Å². The third-order valence-electron chi connectivity index (χ3n) is 2.96. The van der Waals surface area contributed by atoms with Gasteiger partial charge in [-0.3, -0.25) is 10.1 Å². The van der Waals surface area contributed by atoms with Gasteiger partial charge in [0.2, 0.25) is 11.7 Å². The average Bonchev–Trinajstić information content (AvgIpc) is 3.30. The summed E-state index contributed by atoms with van der Waals surface area (Å²) in [5, 5.41) is 9.02. The molecule has 0 amide bonds. The van der Waals surface area contributed by atoms with Crippen LogP contribution in [-0.4, -0.2) is 30.1 Å². The monoisotopic (exact) mass is 310 g/mol. The second-order valence-electron chi connectivity index (χ2n) is 4.49. The van der Waals surface area contributed by atoms with Gasteiger partial charge in [-0.15, -0.1) is 11.3 Å². The molecule has 0 aliphatic rings. The van der Waals surface area contributed by atoms with Crippen molar-refractivity contribution in [2.45, 2.75) is 6.42 Å². The van der Waals surface area contributed by atoms with Crippen molar-refractivity contribution in [3.05, 3.63) is 53.9 Å². The second kappa shape index (κ2) is 5.49. The standard InChI is InChI=1S/C14H10N6OS/c1-2-11(22-5-1)14-17-9(8-21-14)6-12-18-13(20-19-12)10-7-15-3-4-16-10/h1-5,7-8H,6H2,(H,18,19,20). The zero-order valence-electron chi connectivity index (χ0n) is 11.3. The molecule has 4 rings (SSSR count). The van der Waals surface area contributed by atoms with Crippen LogP contribution in [0.25, 0.3) is 22.3 Å². The lowest BCUT2D eigenvalue weighted by Crippen LogP contribution is -1.91. The summed E-state index contributed by atoms with van der Waals surface area (Å²) in [7, 11) is 0. The largest absolute Gasteiger partial charge is 0.444 e. The summed E-state index contributed by atoms with van der Waals surface area (Å²) in [5.41, 5.74) is 1.43. The number of aromatic amines is 1. The summed E-state index contributed by atoms with van der Waals surface area (Å²) in [5.74, 6) is 1.84. The number of aromatic nitrogens is 6. The van der Waals surface area contributed by atoms with Gasteiger partial charge in [-0.2, -0.15) is 5.10 Å². The van der Waals surface area contributed by atoms with Crippen molar-refractivity contribution in [3.63, 3.8) is 0 Å². The Balaban J connectivity index is 1.54. The van der Waals surface area contributed by atoms with E-state index in [1.165, 1.54) is 0 Å². The normalized spacial score (nSPS) is 10.9. The predicted octanol–water partition coefficient (Wildman–Crippen LogP) is 2.57. The highest BCUT2D eigenvalue weighted by molar-refractivity contribution is 7.13. The Morgan fingerprint density at radius 2 is 2.23 bits per heavy atom. The number of nitrogens with zero attached hydrogens (tertiary/aromatic N) is 5. The Morgan fingerprint density at radius 3 is 3.05 bits per heavy atom. The zero-order chi connectivity index (χ0) is 14.8. The molecule has 0 aromatic carbocycles. The topological polar surface area (TPSA) is 93.4 Å². The van der Waals surface area contributed by atoms with Gasteiger partial charge in [-0.25, -0.2) is 15.0 Å². The van der Waals surface area contributed by atoms with Gasteiger partial charge in [-0.05, 0) is 11.4 Å². The van der Waals surface area contributed by atoms with E-state index in [0.717, 1.165) is 10.6 Å². The summed E-state index contributed by atoms with van der Waals surface area (Å²) >= 11 is 1.59. The predicted molar refractivity (Wildman–Crippen MR) is 80.0 cm³/mol. The molecule has 0 spiro atoms. The van der Waals surface area contributed by atoms with E-state index in [9.17, 15) is 0 Å². The van der Waals surface area contributed by atoms with Gasteiger partial charge in [-0.1, -0.05) is 6.07 Å². The average molecular weight is 310 g/mol. The van der Waals surface area contributed by atoms with Crippen LogP contribution in [0.2, 0.25) is 0 Å². The third-order valence-corrected chi connectivity index (χ3v) is 3.81. The van der Waals surface area contributed by atoms with Crippen LogP contribution in [0.3, 0.4) is 0 Å². The van der Waals surface area contributed by atoms with E-state index in [-0.39, 0.29) is 0 Å². The van der Waals surface area contributed by atoms with Crippen LogP contribution >= 0.6 is 11.3 Å². The molecule has 0 saturated heterocycles. The molecule has 0 fully saturated rings. The minimum Gasteiger partial charge on any atom is -0.444 e. The lowest BCUT2D eigenvalue weighted by atomic mass is 10.3. The van der Waals surface area contributed by atoms with Gasteiger partial charge in [0.25, 0.3) is 0 Å². The molecular formula is C14H10N6OS. The van der Waals surface area contributed by atoms with Crippen molar-refractivity contribution in [2.75, 3.05) is 0 Å². The van der Waals surface area contributed by atoms with E-state index >= 15 is 0 Å². The Kier molecular flexibility index (Phi) is 3.20. The first-order valence-corrected chi connectivity index (χ1v) is 7.42. The number of H-pyrrole nitrogens is 1. The third kappa shape index (κ3) is 2.51. The summed E-state index contributed by atoms with van der Waals surface area (Å²) in [6.45, 7) is 0. The van der Waals surface area contributed by atoms with Crippen LogP contribution in [0.4, 0.5) is 0 Å². The van der Waals surface area contributed by atoms with Crippen LogP contribution in [0, 0.1) is 0 Å². The molecule has 22 heavy (non-hydrogen) atoms. The highest BCUT2D eigenvalue weighted by atomic mass is 32.1. The fraction of sp³-hybridized carbons (Fsp3) is 0.0714. The SMILES string of the molecule is c1csc(-c2nc(Cc3nc(-c4cnccn4)n[nH]3)co2)c1. The van der Waals surface area contributed by atoms with Crippen LogP contribution in [0.1, 0.15) is 11.5 Å². The van der Waals surface area contributed by atoms with Gasteiger partial charge < -0.3 is 4.42 Å². The fourth-order valence-electron chi connectivity index (χ4n) is 1.98.